The van der Waals surface area contributed by atoms with Crippen LogP contribution >= 0.6 is 11.3 Å². The number of para-hydroxylation sites is 1. The number of ketones is 1. The minimum absolute atomic E-state index is 0.177. The van der Waals surface area contributed by atoms with Crippen LogP contribution in [0.2, 0.25) is 0 Å². The van der Waals surface area contributed by atoms with E-state index in [0.717, 1.165) is 0 Å². The topological polar surface area (TPSA) is 112 Å². The Labute approximate surface area is 152 Å². The minimum atomic E-state index is -0.643. The lowest BCUT2D eigenvalue weighted by atomic mass is 9.97. The predicted octanol–water partition coefficient (Wildman–Crippen LogP) is 1.01. The fourth-order valence-electron chi connectivity index (χ4n) is 2.81. The van der Waals surface area contributed by atoms with Gasteiger partial charge in [0.25, 0.3) is 5.91 Å². The molecule has 9 heteroatoms. The molecule has 0 aliphatic carbocycles. The molecule has 1 fully saturated rings. The molecular weight excluding hydrogens is 352 g/mol. The highest BCUT2D eigenvalue weighted by Crippen LogP contribution is 2.27. The van der Waals surface area contributed by atoms with Crippen molar-refractivity contribution in [3.8, 4) is 0 Å². The van der Waals surface area contributed by atoms with Crippen LogP contribution in [-0.2, 0) is 4.79 Å². The molecule has 1 aromatic carbocycles. The zero-order valence-corrected chi connectivity index (χ0v) is 14.2. The Kier molecular flexibility index (Phi) is 3.98. The lowest BCUT2D eigenvalue weighted by Crippen LogP contribution is -2.61. The number of hydrazine groups is 1. The van der Waals surface area contributed by atoms with E-state index in [9.17, 15) is 9.59 Å². The van der Waals surface area contributed by atoms with Gasteiger partial charge in [-0.25, -0.2) is 5.01 Å². The van der Waals surface area contributed by atoms with Gasteiger partial charge in [0.15, 0.2) is 5.84 Å². The van der Waals surface area contributed by atoms with Crippen LogP contribution in [0.15, 0.2) is 69.7 Å². The molecule has 0 spiro atoms. The number of allylic oxidation sites excluding steroid dienone is 1. The SMILES string of the molecule is N/N=C1\NNC(=O)C2=CC(C(=O)c3cccs3)=NN(c3ccccc3)C21. The Balaban J connectivity index is 1.85. The number of fused-ring (bicyclic) bond motifs is 1. The van der Waals surface area contributed by atoms with E-state index in [2.05, 4.69) is 21.1 Å². The van der Waals surface area contributed by atoms with Gasteiger partial charge in [-0.1, -0.05) is 24.3 Å². The van der Waals surface area contributed by atoms with Crippen molar-refractivity contribution in [2.45, 2.75) is 6.04 Å². The average molecular weight is 366 g/mol. The van der Waals surface area contributed by atoms with Crippen molar-refractivity contribution in [2.75, 3.05) is 5.01 Å². The number of nitrogens with one attached hydrogen (secondary N) is 2. The molecule has 1 amide bonds. The van der Waals surface area contributed by atoms with Gasteiger partial charge in [-0.15, -0.1) is 11.3 Å². The predicted molar refractivity (Wildman–Crippen MR) is 99.8 cm³/mol. The monoisotopic (exact) mass is 366 g/mol. The first-order valence-electron chi connectivity index (χ1n) is 7.76. The van der Waals surface area contributed by atoms with Gasteiger partial charge in [-0.2, -0.15) is 10.2 Å². The van der Waals surface area contributed by atoms with Crippen molar-refractivity contribution < 1.29 is 9.59 Å². The van der Waals surface area contributed by atoms with Crippen LogP contribution in [0.25, 0.3) is 0 Å². The zero-order chi connectivity index (χ0) is 18.1. The van der Waals surface area contributed by atoms with Gasteiger partial charge in [-0.3, -0.25) is 20.4 Å². The molecular formula is C17H14N6O2S. The highest BCUT2D eigenvalue weighted by Gasteiger charge is 2.40. The lowest BCUT2D eigenvalue weighted by Gasteiger charge is -2.37. The summed E-state index contributed by atoms with van der Waals surface area (Å²) in [7, 11) is 0. The summed E-state index contributed by atoms with van der Waals surface area (Å²) in [6, 6.07) is 12.1. The number of amides is 1. The second-order valence-corrected chi connectivity index (χ2v) is 6.52. The molecule has 1 unspecified atom stereocenters. The van der Waals surface area contributed by atoms with Gasteiger partial charge in [0.05, 0.1) is 16.1 Å². The van der Waals surface area contributed by atoms with Gasteiger partial charge in [0, 0.05) is 0 Å². The van der Waals surface area contributed by atoms with E-state index >= 15 is 0 Å². The number of hydrogen-bond acceptors (Lipinski definition) is 7. The second-order valence-electron chi connectivity index (χ2n) is 5.57. The summed E-state index contributed by atoms with van der Waals surface area (Å²) in [4.78, 5) is 25.7. The van der Waals surface area contributed by atoms with Gasteiger partial charge in [-0.05, 0) is 29.7 Å². The van der Waals surface area contributed by atoms with Crippen LogP contribution in [0, 0.1) is 0 Å². The molecule has 3 heterocycles. The molecule has 2 aliphatic heterocycles. The summed E-state index contributed by atoms with van der Waals surface area (Å²) in [6.45, 7) is 0. The Morgan fingerprint density at radius 1 is 1.19 bits per heavy atom. The molecule has 8 nitrogen and oxygen atoms in total. The molecule has 4 N–H and O–H groups in total. The molecule has 1 saturated heterocycles. The summed E-state index contributed by atoms with van der Waals surface area (Å²) in [5.41, 5.74) is 6.39. The summed E-state index contributed by atoms with van der Waals surface area (Å²) in [5.74, 6) is 5.19. The third-order valence-corrected chi connectivity index (χ3v) is 4.88. The maximum atomic E-state index is 12.8. The molecule has 0 saturated carbocycles. The number of hydrazone groups is 2. The van der Waals surface area contributed by atoms with Crippen LogP contribution in [0.4, 0.5) is 5.69 Å². The van der Waals surface area contributed by atoms with Crippen LogP contribution in [-0.4, -0.2) is 29.3 Å². The van der Waals surface area contributed by atoms with E-state index in [4.69, 9.17) is 5.84 Å². The number of anilines is 1. The number of Topliss-reactive ketones (excluding diaryl/α,β-unsaturated/α-hetero) is 1. The average Bonchev–Trinajstić information content (AvgIpc) is 3.23. The van der Waals surface area contributed by atoms with Crippen molar-refractivity contribution in [2.24, 2.45) is 16.0 Å². The molecule has 4 rings (SSSR count). The van der Waals surface area contributed by atoms with Crippen molar-refractivity contribution in [1.82, 2.24) is 10.9 Å². The molecule has 2 aromatic rings. The normalized spacial score (nSPS) is 20.6. The molecule has 1 aromatic heterocycles. The number of carbonyl (C=O) groups is 2. The Hall–Kier alpha value is -3.46. The number of rotatable bonds is 3. The van der Waals surface area contributed by atoms with E-state index in [1.54, 1.807) is 17.1 Å². The number of carbonyl (C=O) groups excluding carboxylic acids is 2. The van der Waals surface area contributed by atoms with Crippen molar-refractivity contribution >= 4 is 40.3 Å². The maximum Gasteiger partial charge on any atom is 0.268 e. The third kappa shape index (κ3) is 2.64. The van der Waals surface area contributed by atoms with E-state index < -0.39 is 6.04 Å². The highest BCUT2D eigenvalue weighted by molar-refractivity contribution is 7.13. The molecule has 0 radical (unpaired) electrons. The Morgan fingerprint density at radius 2 is 2.00 bits per heavy atom. The molecule has 1 atom stereocenters. The number of hydrogen-bond donors (Lipinski definition) is 3. The van der Waals surface area contributed by atoms with Crippen molar-refractivity contribution in [3.05, 3.63) is 64.4 Å². The van der Waals surface area contributed by atoms with Gasteiger partial charge < -0.3 is 5.84 Å². The van der Waals surface area contributed by atoms with Gasteiger partial charge >= 0.3 is 0 Å². The van der Waals surface area contributed by atoms with E-state index in [1.807, 2.05) is 35.7 Å². The first-order chi connectivity index (χ1) is 12.7. The standard InChI is InChI=1S/C17H14N6O2S/c18-19-16-14-11(17(25)21-20-16)9-12(15(24)13-7-4-8-26-13)22-23(14)10-5-2-1-3-6-10/h1-9,14H,18H2,(H,19,20)(H,21,25). The summed E-state index contributed by atoms with van der Waals surface area (Å²) in [6.07, 6.45) is 1.49. The Morgan fingerprint density at radius 3 is 2.69 bits per heavy atom. The minimum Gasteiger partial charge on any atom is -0.321 e. The fourth-order valence-corrected chi connectivity index (χ4v) is 3.48. The van der Waals surface area contributed by atoms with Gasteiger partial charge in [0.1, 0.15) is 11.8 Å². The number of benzene rings is 1. The number of nitrogens with two attached hydrogens (primary N) is 1. The Bertz CT molecular complexity index is 949. The maximum absolute atomic E-state index is 12.8. The smallest absolute Gasteiger partial charge is 0.268 e. The molecule has 130 valence electrons. The summed E-state index contributed by atoms with van der Waals surface area (Å²) < 4.78 is 0. The van der Waals surface area contributed by atoms with Crippen LogP contribution in [0.1, 0.15) is 9.67 Å². The van der Waals surface area contributed by atoms with Crippen molar-refractivity contribution in [1.29, 1.82) is 0 Å². The van der Waals surface area contributed by atoms with E-state index in [-0.39, 0.29) is 17.4 Å². The second kappa shape index (κ2) is 6.45. The van der Waals surface area contributed by atoms with Gasteiger partial charge in [0.2, 0.25) is 5.78 Å². The third-order valence-electron chi connectivity index (χ3n) is 4.01. The van der Waals surface area contributed by atoms with E-state index in [0.29, 0.717) is 22.0 Å². The molecule has 0 bridgehead atoms. The zero-order valence-electron chi connectivity index (χ0n) is 13.4. The van der Waals surface area contributed by atoms with Crippen LogP contribution < -0.4 is 21.7 Å². The first-order valence-corrected chi connectivity index (χ1v) is 8.64. The first kappa shape index (κ1) is 16.0. The van der Waals surface area contributed by atoms with E-state index in [1.165, 1.54) is 17.4 Å². The number of amidine groups is 1. The van der Waals surface area contributed by atoms with Crippen molar-refractivity contribution in [3.63, 3.8) is 0 Å². The number of thiophene rings is 1. The quantitative estimate of drug-likeness (QED) is 0.426. The summed E-state index contributed by atoms with van der Waals surface area (Å²) in [5, 5.41) is 11.6. The molecule has 2 aliphatic rings. The van der Waals surface area contributed by atoms with Crippen LogP contribution in [0.3, 0.4) is 0 Å². The highest BCUT2D eigenvalue weighted by atomic mass is 32.1. The number of nitrogens with zero attached hydrogens (tertiary/aromatic N) is 3. The molecule has 26 heavy (non-hydrogen) atoms. The summed E-state index contributed by atoms with van der Waals surface area (Å²) >= 11 is 1.32. The van der Waals surface area contributed by atoms with Crippen LogP contribution in [0.5, 0.6) is 0 Å². The lowest BCUT2D eigenvalue weighted by molar-refractivity contribution is -0.118. The fraction of sp³-hybridized carbons (Fsp3) is 0.0588. The largest absolute Gasteiger partial charge is 0.321 e.